The minimum atomic E-state index is -0.400. The fourth-order valence-electron chi connectivity index (χ4n) is 1.90. The maximum atomic E-state index is 13.7. The van der Waals surface area contributed by atoms with Crippen LogP contribution in [0.3, 0.4) is 0 Å². The van der Waals surface area contributed by atoms with Gasteiger partial charge in [0.15, 0.2) is 0 Å². The highest BCUT2D eigenvalue weighted by molar-refractivity contribution is 6.30. The third-order valence-electron chi connectivity index (χ3n) is 3.11. The van der Waals surface area contributed by atoms with Crippen LogP contribution in [-0.4, -0.2) is 13.0 Å². The van der Waals surface area contributed by atoms with Crippen LogP contribution in [-0.2, 0) is 17.8 Å². The number of halogens is 2. The van der Waals surface area contributed by atoms with Crippen LogP contribution in [0.5, 0.6) is 0 Å². The standard InChI is InChI=1S/C16H16ClFN2O/c1-19-15(21)9-11-5-7-13(8-6-11)20-10-12-3-2-4-14(17)16(12)18/h2-8,20H,9-10H2,1H3,(H,19,21). The molecule has 2 aromatic rings. The van der Waals surface area contributed by atoms with Gasteiger partial charge in [0, 0.05) is 24.8 Å². The van der Waals surface area contributed by atoms with Crippen molar-refractivity contribution in [1.29, 1.82) is 0 Å². The molecule has 5 heteroatoms. The van der Waals surface area contributed by atoms with Gasteiger partial charge < -0.3 is 10.6 Å². The van der Waals surface area contributed by atoms with E-state index in [9.17, 15) is 9.18 Å². The Hall–Kier alpha value is -2.07. The van der Waals surface area contributed by atoms with Crippen LogP contribution in [0.4, 0.5) is 10.1 Å². The lowest BCUT2D eigenvalue weighted by molar-refractivity contribution is -0.119. The second kappa shape index (κ2) is 7.09. The summed E-state index contributed by atoms with van der Waals surface area (Å²) in [6.45, 7) is 0.348. The molecule has 0 aliphatic carbocycles. The predicted octanol–water partition coefficient (Wildman–Crippen LogP) is 3.38. The molecule has 0 heterocycles. The molecule has 3 nitrogen and oxygen atoms in total. The molecule has 21 heavy (non-hydrogen) atoms. The summed E-state index contributed by atoms with van der Waals surface area (Å²) in [5.74, 6) is -0.431. The van der Waals surface area contributed by atoms with E-state index in [4.69, 9.17) is 11.6 Å². The summed E-state index contributed by atoms with van der Waals surface area (Å²) in [6, 6.07) is 12.4. The van der Waals surface area contributed by atoms with E-state index in [0.717, 1.165) is 11.3 Å². The topological polar surface area (TPSA) is 41.1 Å². The highest BCUT2D eigenvalue weighted by Crippen LogP contribution is 2.19. The fraction of sp³-hybridized carbons (Fsp3) is 0.188. The van der Waals surface area contributed by atoms with Crippen molar-refractivity contribution in [3.63, 3.8) is 0 Å². The molecule has 0 radical (unpaired) electrons. The van der Waals surface area contributed by atoms with E-state index in [1.54, 1.807) is 19.2 Å². The van der Waals surface area contributed by atoms with E-state index in [2.05, 4.69) is 10.6 Å². The minimum absolute atomic E-state index is 0.0308. The Morgan fingerprint density at radius 3 is 2.57 bits per heavy atom. The summed E-state index contributed by atoms with van der Waals surface area (Å²) in [6.07, 6.45) is 0.347. The molecular formula is C16H16ClFN2O. The lowest BCUT2D eigenvalue weighted by Gasteiger charge is -2.09. The van der Waals surface area contributed by atoms with Crippen molar-refractivity contribution in [1.82, 2.24) is 5.32 Å². The Morgan fingerprint density at radius 1 is 1.19 bits per heavy atom. The number of carbonyl (C=O) groups excluding carboxylic acids is 1. The lowest BCUT2D eigenvalue weighted by atomic mass is 10.1. The molecule has 2 rings (SSSR count). The first-order chi connectivity index (χ1) is 10.1. The molecule has 0 spiro atoms. The summed E-state index contributed by atoms with van der Waals surface area (Å²) < 4.78 is 13.7. The monoisotopic (exact) mass is 306 g/mol. The van der Waals surface area contributed by atoms with Gasteiger partial charge in [0.05, 0.1) is 11.4 Å². The van der Waals surface area contributed by atoms with Gasteiger partial charge in [-0.25, -0.2) is 4.39 Å². The third-order valence-corrected chi connectivity index (χ3v) is 3.40. The van der Waals surface area contributed by atoms with Gasteiger partial charge in [-0.3, -0.25) is 4.79 Å². The van der Waals surface area contributed by atoms with E-state index in [1.807, 2.05) is 24.3 Å². The zero-order chi connectivity index (χ0) is 15.2. The van der Waals surface area contributed by atoms with Gasteiger partial charge in [-0.1, -0.05) is 35.9 Å². The van der Waals surface area contributed by atoms with Crippen LogP contribution in [0.25, 0.3) is 0 Å². The molecule has 0 aliphatic heterocycles. The average molecular weight is 307 g/mol. The van der Waals surface area contributed by atoms with Gasteiger partial charge in [-0.15, -0.1) is 0 Å². The summed E-state index contributed by atoms with van der Waals surface area (Å²) in [5.41, 5.74) is 2.29. The number of hydrogen-bond donors (Lipinski definition) is 2. The summed E-state index contributed by atoms with van der Waals surface area (Å²) in [7, 11) is 1.61. The molecule has 0 saturated carbocycles. The van der Waals surface area contributed by atoms with E-state index in [0.29, 0.717) is 18.5 Å². The first-order valence-corrected chi connectivity index (χ1v) is 6.94. The Bertz CT molecular complexity index is 629. The number of amides is 1. The summed E-state index contributed by atoms with van der Waals surface area (Å²) in [5, 5.41) is 5.82. The summed E-state index contributed by atoms with van der Waals surface area (Å²) in [4.78, 5) is 11.3. The van der Waals surface area contributed by atoms with Crippen LogP contribution < -0.4 is 10.6 Å². The largest absolute Gasteiger partial charge is 0.381 e. The second-order valence-corrected chi connectivity index (χ2v) is 5.02. The molecule has 2 aromatic carbocycles. The van der Waals surface area contributed by atoms with Crippen LogP contribution in [0, 0.1) is 5.82 Å². The molecule has 0 aliphatic rings. The molecule has 0 atom stereocenters. The second-order valence-electron chi connectivity index (χ2n) is 4.61. The SMILES string of the molecule is CNC(=O)Cc1ccc(NCc2cccc(Cl)c2F)cc1. The number of nitrogens with one attached hydrogen (secondary N) is 2. The van der Waals surface area contributed by atoms with E-state index in [1.165, 1.54) is 6.07 Å². The molecular weight excluding hydrogens is 291 g/mol. The van der Waals surface area contributed by atoms with E-state index in [-0.39, 0.29) is 10.9 Å². The van der Waals surface area contributed by atoms with E-state index >= 15 is 0 Å². The van der Waals surface area contributed by atoms with Crippen molar-refractivity contribution < 1.29 is 9.18 Å². The molecule has 1 amide bonds. The quantitative estimate of drug-likeness (QED) is 0.889. The Kier molecular flexibility index (Phi) is 5.17. The predicted molar refractivity (Wildman–Crippen MR) is 82.9 cm³/mol. The number of hydrogen-bond acceptors (Lipinski definition) is 2. The van der Waals surface area contributed by atoms with Crippen molar-refractivity contribution in [3.8, 4) is 0 Å². The van der Waals surface area contributed by atoms with Gasteiger partial charge >= 0.3 is 0 Å². The van der Waals surface area contributed by atoms with Gasteiger partial charge in [0.2, 0.25) is 5.91 Å². The first-order valence-electron chi connectivity index (χ1n) is 6.56. The third kappa shape index (κ3) is 4.20. The number of benzene rings is 2. The fourth-order valence-corrected chi connectivity index (χ4v) is 2.09. The Morgan fingerprint density at radius 2 is 1.90 bits per heavy atom. The van der Waals surface area contributed by atoms with Crippen LogP contribution in [0.2, 0.25) is 5.02 Å². The highest BCUT2D eigenvalue weighted by atomic mass is 35.5. The zero-order valence-electron chi connectivity index (χ0n) is 11.6. The van der Waals surface area contributed by atoms with E-state index < -0.39 is 5.82 Å². The van der Waals surface area contributed by atoms with Gasteiger partial charge in [-0.05, 0) is 23.8 Å². The summed E-state index contributed by atoms with van der Waals surface area (Å²) >= 11 is 5.74. The number of anilines is 1. The van der Waals surface area contributed by atoms with Crippen LogP contribution in [0.1, 0.15) is 11.1 Å². The number of rotatable bonds is 5. The highest BCUT2D eigenvalue weighted by Gasteiger charge is 2.06. The molecule has 0 saturated heterocycles. The van der Waals surface area contributed by atoms with Crippen LogP contribution in [0.15, 0.2) is 42.5 Å². The molecule has 0 unspecified atom stereocenters. The van der Waals surface area contributed by atoms with Gasteiger partial charge in [-0.2, -0.15) is 0 Å². The average Bonchev–Trinajstić information content (AvgIpc) is 2.50. The first kappa shape index (κ1) is 15.3. The maximum Gasteiger partial charge on any atom is 0.224 e. The Labute approximate surface area is 128 Å². The van der Waals surface area contributed by atoms with Crippen molar-refractivity contribution in [2.24, 2.45) is 0 Å². The zero-order valence-corrected chi connectivity index (χ0v) is 12.4. The molecule has 0 aromatic heterocycles. The Balaban J connectivity index is 1.97. The molecule has 2 N–H and O–H groups in total. The molecule has 0 fully saturated rings. The van der Waals surface area contributed by atoms with Gasteiger partial charge in [0.1, 0.15) is 5.82 Å². The lowest BCUT2D eigenvalue weighted by Crippen LogP contribution is -2.19. The molecule has 110 valence electrons. The van der Waals surface area contributed by atoms with Crippen molar-refractivity contribution in [2.45, 2.75) is 13.0 Å². The number of carbonyl (C=O) groups is 1. The van der Waals surface area contributed by atoms with Crippen molar-refractivity contribution >= 4 is 23.2 Å². The smallest absolute Gasteiger partial charge is 0.224 e. The number of likely N-dealkylation sites (N-methyl/N-ethyl adjacent to an activating group) is 1. The minimum Gasteiger partial charge on any atom is -0.381 e. The van der Waals surface area contributed by atoms with Crippen molar-refractivity contribution in [2.75, 3.05) is 12.4 Å². The van der Waals surface area contributed by atoms with Crippen molar-refractivity contribution in [3.05, 3.63) is 64.4 Å². The normalized spacial score (nSPS) is 10.2. The van der Waals surface area contributed by atoms with Gasteiger partial charge in [0.25, 0.3) is 0 Å². The maximum absolute atomic E-state index is 13.7. The van der Waals surface area contributed by atoms with Crippen LogP contribution >= 0.6 is 11.6 Å². The molecule has 0 bridgehead atoms.